The van der Waals surface area contributed by atoms with Gasteiger partial charge in [-0.15, -0.1) is 0 Å². The molecule has 3 N–H and O–H groups in total. The Balaban J connectivity index is 2.78. The van der Waals surface area contributed by atoms with E-state index in [0.717, 1.165) is 0 Å². The second kappa shape index (κ2) is 4.43. The van der Waals surface area contributed by atoms with Gasteiger partial charge in [0.2, 0.25) is 0 Å². The monoisotopic (exact) mass is 257 g/mol. The predicted molar refractivity (Wildman–Crippen MR) is 49.8 cm³/mol. The van der Waals surface area contributed by atoms with Crippen molar-refractivity contribution in [3.05, 3.63) is 0 Å². The number of ether oxygens (including phenoxy) is 1. The largest absolute Gasteiger partial charge is 0.471 e. The molecule has 1 rings (SSSR count). The Morgan fingerprint density at radius 2 is 2.06 bits per heavy atom. The minimum Gasteiger partial charge on any atom is -0.385 e. The number of carbonyl (C=O) groups excluding carboxylic acids is 1. The third kappa shape index (κ3) is 3.08. The van der Waals surface area contributed by atoms with Crippen molar-refractivity contribution in [1.82, 2.24) is 5.32 Å². The Morgan fingerprint density at radius 3 is 2.53 bits per heavy atom. The summed E-state index contributed by atoms with van der Waals surface area (Å²) in [5.74, 6) is -2.15. The van der Waals surface area contributed by atoms with Crippen molar-refractivity contribution >= 4 is 5.91 Å². The molecule has 0 aromatic rings. The molecule has 8 heteroatoms. The van der Waals surface area contributed by atoms with Crippen molar-refractivity contribution in [1.29, 1.82) is 0 Å². The summed E-state index contributed by atoms with van der Waals surface area (Å²) in [4.78, 5) is 10.8. The van der Waals surface area contributed by atoms with Gasteiger partial charge in [-0.1, -0.05) is 0 Å². The van der Waals surface area contributed by atoms with Crippen LogP contribution in [0.2, 0.25) is 0 Å². The third-order valence-corrected chi connectivity index (χ3v) is 2.89. The van der Waals surface area contributed by atoms with E-state index in [1.165, 1.54) is 13.8 Å². The highest BCUT2D eigenvalue weighted by molar-refractivity contribution is 5.82. The van der Waals surface area contributed by atoms with E-state index in [0.29, 0.717) is 0 Å². The van der Waals surface area contributed by atoms with Crippen LogP contribution in [-0.4, -0.2) is 46.3 Å². The Kier molecular flexibility index (Phi) is 3.70. The molecule has 0 aromatic carbocycles. The Labute approximate surface area is 95.6 Å². The molecule has 0 radical (unpaired) electrons. The minimum atomic E-state index is -5.03. The number of aliphatic hydroxyl groups is 2. The van der Waals surface area contributed by atoms with Crippen molar-refractivity contribution in [2.45, 2.75) is 50.5 Å². The number of rotatable bonds is 1. The summed E-state index contributed by atoms with van der Waals surface area (Å²) >= 11 is 0. The van der Waals surface area contributed by atoms with Gasteiger partial charge in [-0.2, -0.15) is 13.2 Å². The maximum Gasteiger partial charge on any atom is 0.471 e. The smallest absolute Gasteiger partial charge is 0.385 e. The van der Waals surface area contributed by atoms with Crippen LogP contribution in [0.3, 0.4) is 0 Å². The Morgan fingerprint density at radius 1 is 1.53 bits per heavy atom. The van der Waals surface area contributed by atoms with Crippen LogP contribution in [0.1, 0.15) is 20.3 Å². The Hall–Kier alpha value is -0.860. The number of hydrogen-bond acceptors (Lipinski definition) is 4. The van der Waals surface area contributed by atoms with Crippen LogP contribution in [0.5, 0.6) is 0 Å². The lowest BCUT2D eigenvalue weighted by atomic mass is 9.86. The zero-order valence-electron chi connectivity index (χ0n) is 9.28. The van der Waals surface area contributed by atoms with Gasteiger partial charge in [-0.05, 0) is 13.8 Å². The zero-order chi connectivity index (χ0) is 13.4. The van der Waals surface area contributed by atoms with Gasteiger partial charge in [0.1, 0.15) is 5.60 Å². The first-order valence-electron chi connectivity index (χ1n) is 4.98. The van der Waals surface area contributed by atoms with Crippen molar-refractivity contribution in [3.63, 3.8) is 0 Å². The van der Waals surface area contributed by atoms with Crippen molar-refractivity contribution in [2.24, 2.45) is 0 Å². The molecule has 1 saturated heterocycles. The molecule has 1 amide bonds. The lowest BCUT2D eigenvalue weighted by molar-refractivity contribution is -0.238. The summed E-state index contributed by atoms with van der Waals surface area (Å²) in [5.41, 5.74) is -1.68. The molecule has 100 valence electrons. The van der Waals surface area contributed by atoms with Crippen LogP contribution in [0, 0.1) is 0 Å². The molecule has 17 heavy (non-hydrogen) atoms. The quantitative estimate of drug-likeness (QED) is 0.613. The van der Waals surface area contributed by atoms with Gasteiger partial charge in [0.25, 0.3) is 0 Å². The van der Waals surface area contributed by atoms with Crippen LogP contribution in [0.25, 0.3) is 0 Å². The molecule has 4 atom stereocenters. The summed E-state index contributed by atoms with van der Waals surface area (Å²) in [6.45, 7) is 2.64. The second-order valence-corrected chi connectivity index (χ2v) is 4.22. The first kappa shape index (κ1) is 14.2. The highest BCUT2D eigenvalue weighted by atomic mass is 19.4. The number of nitrogens with one attached hydrogen (secondary N) is 1. The van der Waals surface area contributed by atoms with Gasteiger partial charge >= 0.3 is 12.1 Å². The fourth-order valence-electron chi connectivity index (χ4n) is 1.60. The summed E-state index contributed by atoms with van der Waals surface area (Å²) in [6, 6.07) is -1.23. The van der Waals surface area contributed by atoms with Gasteiger partial charge in [0.05, 0.1) is 12.1 Å². The topological polar surface area (TPSA) is 78.8 Å². The highest BCUT2D eigenvalue weighted by Crippen LogP contribution is 2.29. The standard InChI is InChI=1S/C9H14F3NO4/c1-4-8(2,16)5(3-6(14)17-4)13-7(15)9(10,11)12/h4-6,14,16H,3H2,1-2H3,(H,13,15)/t4-,5-,6+,8-/m0/s1. The molecule has 0 unspecified atom stereocenters. The normalized spacial score (nSPS) is 38.9. The van der Waals surface area contributed by atoms with E-state index in [1.807, 2.05) is 0 Å². The number of amides is 1. The molecule has 1 aliphatic heterocycles. The van der Waals surface area contributed by atoms with Crippen molar-refractivity contribution < 1.29 is 32.9 Å². The number of halogens is 3. The van der Waals surface area contributed by atoms with Gasteiger partial charge in [0.15, 0.2) is 6.29 Å². The first-order chi connectivity index (χ1) is 7.55. The second-order valence-electron chi connectivity index (χ2n) is 4.22. The van der Waals surface area contributed by atoms with Gasteiger partial charge in [0, 0.05) is 6.42 Å². The van der Waals surface area contributed by atoms with Gasteiger partial charge in [-0.25, -0.2) is 0 Å². The van der Waals surface area contributed by atoms with E-state index in [2.05, 4.69) is 0 Å². The van der Waals surface area contributed by atoms with Crippen molar-refractivity contribution in [3.8, 4) is 0 Å². The number of alkyl halides is 3. The van der Waals surface area contributed by atoms with E-state index >= 15 is 0 Å². The molecule has 0 aliphatic carbocycles. The molecule has 0 bridgehead atoms. The van der Waals surface area contributed by atoms with Crippen LogP contribution >= 0.6 is 0 Å². The molecule has 0 aromatic heterocycles. The minimum absolute atomic E-state index is 0.306. The third-order valence-electron chi connectivity index (χ3n) is 2.89. The molecule has 1 aliphatic rings. The van der Waals surface area contributed by atoms with Crippen LogP contribution in [0.4, 0.5) is 13.2 Å². The van der Waals surface area contributed by atoms with Crippen LogP contribution in [0.15, 0.2) is 0 Å². The van der Waals surface area contributed by atoms with E-state index in [-0.39, 0.29) is 6.42 Å². The van der Waals surface area contributed by atoms with Crippen molar-refractivity contribution in [2.75, 3.05) is 0 Å². The zero-order valence-corrected chi connectivity index (χ0v) is 9.28. The lowest BCUT2D eigenvalue weighted by Crippen LogP contribution is -2.63. The maximum absolute atomic E-state index is 12.1. The molecule has 0 saturated carbocycles. The van der Waals surface area contributed by atoms with Gasteiger partial charge in [-0.3, -0.25) is 4.79 Å². The fraction of sp³-hybridized carbons (Fsp3) is 0.889. The van der Waals surface area contributed by atoms with E-state index in [1.54, 1.807) is 5.32 Å². The average Bonchev–Trinajstić information content (AvgIpc) is 2.12. The lowest BCUT2D eigenvalue weighted by Gasteiger charge is -2.43. The predicted octanol–water partition coefficient (Wildman–Crippen LogP) is -0.0883. The molecule has 1 fully saturated rings. The molecular formula is C9H14F3NO4. The van der Waals surface area contributed by atoms with Gasteiger partial charge < -0.3 is 20.3 Å². The molecular weight excluding hydrogens is 243 g/mol. The van der Waals surface area contributed by atoms with E-state index < -0.39 is 36.1 Å². The highest BCUT2D eigenvalue weighted by Gasteiger charge is 2.48. The SMILES string of the molecule is C[C@@H]1O[C@@H](O)C[C@H](NC(=O)C(F)(F)F)[C@@]1(C)O. The molecule has 0 spiro atoms. The Bertz CT molecular complexity index is 305. The molecule has 1 heterocycles. The fourth-order valence-corrected chi connectivity index (χ4v) is 1.60. The average molecular weight is 257 g/mol. The number of aliphatic hydroxyl groups excluding tert-OH is 1. The number of carbonyl (C=O) groups is 1. The van der Waals surface area contributed by atoms with Crippen LogP contribution in [-0.2, 0) is 9.53 Å². The maximum atomic E-state index is 12.1. The summed E-state index contributed by atoms with van der Waals surface area (Å²) in [5, 5.41) is 20.8. The van der Waals surface area contributed by atoms with E-state index in [4.69, 9.17) is 4.74 Å². The van der Waals surface area contributed by atoms with Crippen LogP contribution < -0.4 is 5.32 Å². The first-order valence-corrected chi connectivity index (χ1v) is 4.98. The number of hydrogen-bond donors (Lipinski definition) is 3. The van der Waals surface area contributed by atoms with E-state index in [9.17, 15) is 28.2 Å². The summed E-state index contributed by atoms with van der Waals surface area (Å²) in [6.07, 6.45) is -7.55. The summed E-state index contributed by atoms with van der Waals surface area (Å²) in [7, 11) is 0. The summed E-state index contributed by atoms with van der Waals surface area (Å²) < 4.78 is 41.1. The molecule has 5 nitrogen and oxygen atoms in total.